The third-order valence-electron chi connectivity index (χ3n) is 2.98. The van der Waals surface area contributed by atoms with Crippen molar-refractivity contribution in [2.45, 2.75) is 25.7 Å². The summed E-state index contributed by atoms with van der Waals surface area (Å²) in [6.07, 6.45) is 2.86. The van der Waals surface area contributed by atoms with Crippen LogP contribution >= 0.6 is 0 Å². The minimum atomic E-state index is -0.733. The molecule has 3 nitrogen and oxygen atoms in total. The van der Waals surface area contributed by atoms with E-state index in [9.17, 15) is 9.90 Å². The number of benzene rings is 1. The summed E-state index contributed by atoms with van der Waals surface area (Å²) in [5.74, 6) is -0.245. The number of aromatic hydroxyl groups is 1. The van der Waals surface area contributed by atoms with Crippen LogP contribution in [0.25, 0.3) is 0 Å². The highest BCUT2D eigenvalue weighted by atomic mass is 16.4. The topological polar surface area (TPSA) is 57.5 Å². The van der Waals surface area contributed by atoms with E-state index in [1.807, 2.05) is 6.07 Å². The first-order valence-electron chi connectivity index (χ1n) is 5.17. The van der Waals surface area contributed by atoms with Crippen molar-refractivity contribution in [2.75, 3.05) is 0 Å². The van der Waals surface area contributed by atoms with E-state index in [4.69, 9.17) is 5.11 Å². The SMILES string of the molecule is O=C(O)CC1CCc2ccc(O)cc2C1. The number of aliphatic carboxylic acids is 1. The molecule has 2 N–H and O–H groups in total. The molecule has 0 saturated heterocycles. The Bertz CT molecular complexity index is 384. The van der Waals surface area contributed by atoms with Crippen molar-refractivity contribution in [3.63, 3.8) is 0 Å². The van der Waals surface area contributed by atoms with Gasteiger partial charge in [-0.1, -0.05) is 6.07 Å². The van der Waals surface area contributed by atoms with E-state index in [0.29, 0.717) is 0 Å². The second-order valence-corrected chi connectivity index (χ2v) is 4.16. The second-order valence-electron chi connectivity index (χ2n) is 4.16. The van der Waals surface area contributed by atoms with Crippen molar-refractivity contribution in [1.82, 2.24) is 0 Å². The molecule has 1 aliphatic rings. The smallest absolute Gasteiger partial charge is 0.303 e. The van der Waals surface area contributed by atoms with Crippen molar-refractivity contribution >= 4 is 5.97 Å². The lowest BCUT2D eigenvalue weighted by Gasteiger charge is -2.23. The molecule has 0 aliphatic heterocycles. The van der Waals surface area contributed by atoms with Gasteiger partial charge in [0.05, 0.1) is 0 Å². The number of carbonyl (C=O) groups is 1. The lowest BCUT2D eigenvalue weighted by molar-refractivity contribution is -0.138. The van der Waals surface area contributed by atoms with E-state index in [2.05, 4.69) is 0 Å². The van der Waals surface area contributed by atoms with E-state index in [0.717, 1.165) is 24.8 Å². The van der Waals surface area contributed by atoms with Crippen molar-refractivity contribution in [3.05, 3.63) is 29.3 Å². The number of rotatable bonds is 2. The van der Waals surface area contributed by atoms with Gasteiger partial charge < -0.3 is 10.2 Å². The summed E-state index contributed by atoms with van der Waals surface area (Å²) in [5.41, 5.74) is 2.35. The van der Waals surface area contributed by atoms with Gasteiger partial charge in [0.2, 0.25) is 0 Å². The van der Waals surface area contributed by atoms with Crippen LogP contribution in [-0.2, 0) is 17.6 Å². The van der Waals surface area contributed by atoms with E-state index in [1.54, 1.807) is 12.1 Å². The Balaban J connectivity index is 2.14. The number of phenols is 1. The summed E-state index contributed by atoms with van der Waals surface area (Å²) in [6.45, 7) is 0. The highest BCUT2D eigenvalue weighted by Gasteiger charge is 2.20. The van der Waals surface area contributed by atoms with E-state index in [1.165, 1.54) is 5.56 Å². The van der Waals surface area contributed by atoms with Gasteiger partial charge in [-0.05, 0) is 48.4 Å². The molecule has 1 unspecified atom stereocenters. The maximum Gasteiger partial charge on any atom is 0.303 e. The summed E-state index contributed by atoms with van der Waals surface area (Å²) in [4.78, 5) is 10.6. The first-order chi connectivity index (χ1) is 7.15. The molecule has 0 aromatic heterocycles. The highest BCUT2D eigenvalue weighted by molar-refractivity contribution is 5.67. The molecule has 15 heavy (non-hydrogen) atoms. The third-order valence-corrected chi connectivity index (χ3v) is 2.98. The molecule has 0 heterocycles. The van der Waals surface area contributed by atoms with Gasteiger partial charge >= 0.3 is 5.97 Å². The van der Waals surface area contributed by atoms with E-state index in [-0.39, 0.29) is 18.1 Å². The number of carboxylic acids is 1. The predicted octanol–water partition coefficient (Wildman–Crippen LogP) is 1.97. The van der Waals surface area contributed by atoms with Crippen LogP contribution < -0.4 is 0 Å². The lowest BCUT2D eigenvalue weighted by atomic mass is 9.82. The van der Waals surface area contributed by atoms with Crippen LogP contribution in [0.3, 0.4) is 0 Å². The van der Waals surface area contributed by atoms with Gasteiger partial charge in [-0.2, -0.15) is 0 Å². The number of fused-ring (bicyclic) bond motifs is 1. The zero-order valence-corrected chi connectivity index (χ0v) is 8.44. The molecule has 1 atom stereocenters. The van der Waals surface area contributed by atoms with E-state index < -0.39 is 5.97 Å². The van der Waals surface area contributed by atoms with Gasteiger partial charge in [0.15, 0.2) is 0 Å². The van der Waals surface area contributed by atoms with Gasteiger partial charge in [0.25, 0.3) is 0 Å². The van der Waals surface area contributed by atoms with Gasteiger partial charge in [0, 0.05) is 6.42 Å². The summed E-state index contributed by atoms with van der Waals surface area (Å²) in [7, 11) is 0. The molecular formula is C12H14O3. The van der Waals surface area contributed by atoms with Crippen LogP contribution in [0.1, 0.15) is 24.0 Å². The molecule has 0 fully saturated rings. The normalized spacial score (nSPS) is 19.6. The van der Waals surface area contributed by atoms with Crippen LogP contribution in [0, 0.1) is 5.92 Å². The van der Waals surface area contributed by atoms with Crippen LogP contribution in [0.2, 0.25) is 0 Å². The minimum absolute atomic E-state index is 0.219. The van der Waals surface area contributed by atoms with Gasteiger partial charge in [-0.25, -0.2) is 0 Å². The van der Waals surface area contributed by atoms with Gasteiger partial charge in [-0.3, -0.25) is 4.79 Å². The lowest BCUT2D eigenvalue weighted by Crippen LogP contribution is -2.17. The third kappa shape index (κ3) is 2.29. The van der Waals surface area contributed by atoms with Crippen molar-refractivity contribution in [3.8, 4) is 5.75 Å². The Morgan fingerprint density at radius 2 is 2.20 bits per heavy atom. The molecular weight excluding hydrogens is 192 g/mol. The van der Waals surface area contributed by atoms with Crippen molar-refractivity contribution < 1.29 is 15.0 Å². The zero-order valence-electron chi connectivity index (χ0n) is 8.44. The van der Waals surface area contributed by atoms with Crippen LogP contribution in [0.5, 0.6) is 5.75 Å². The Hall–Kier alpha value is -1.51. The molecule has 1 aliphatic carbocycles. The molecule has 1 aromatic rings. The monoisotopic (exact) mass is 206 g/mol. The number of phenolic OH excluding ortho intramolecular Hbond substituents is 1. The van der Waals surface area contributed by atoms with Crippen LogP contribution in [0.15, 0.2) is 18.2 Å². The summed E-state index contributed by atoms with van der Waals surface area (Å²) in [6, 6.07) is 5.38. The average Bonchev–Trinajstić information content (AvgIpc) is 2.16. The molecule has 80 valence electrons. The summed E-state index contributed by atoms with van der Waals surface area (Å²) >= 11 is 0. The van der Waals surface area contributed by atoms with Crippen LogP contribution in [-0.4, -0.2) is 16.2 Å². The maximum absolute atomic E-state index is 10.6. The Kier molecular flexibility index (Phi) is 2.62. The first kappa shape index (κ1) is 10.0. The maximum atomic E-state index is 10.6. The second kappa shape index (κ2) is 3.93. The minimum Gasteiger partial charge on any atom is -0.508 e. The number of carboxylic acid groups (broad SMARTS) is 1. The Labute approximate surface area is 88.4 Å². The van der Waals surface area contributed by atoms with Gasteiger partial charge in [0.1, 0.15) is 5.75 Å². The van der Waals surface area contributed by atoms with Crippen molar-refractivity contribution in [2.24, 2.45) is 5.92 Å². The fourth-order valence-corrected chi connectivity index (χ4v) is 2.24. The van der Waals surface area contributed by atoms with Gasteiger partial charge in [-0.15, -0.1) is 0 Å². The Morgan fingerprint density at radius 1 is 1.40 bits per heavy atom. The quantitative estimate of drug-likeness (QED) is 0.777. The molecule has 0 amide bonds. The highest BCUT2D eigenvalue weighted by Crippen LogP contribution is 2.29. The molecule has 1 aromatic carbocycles. The number of hydrogen-bond donors (Lipinski definition) is 2. The summed E-state index contributed by atoms with van der Waals surface area (Å²) in [5, 5.41) is 18.1. The standard InChI is InChI=1S/C12H14O3/c13-11-4-3-9-2-1-8(6-12(14)15)5-10(9)7-11/h3-4,7-8,13H,1-2,5-6H2,(H,14,15). The number of hydrogen-bond acceptors (Lipinski definition) is 2. The molecule has 0 radical (unpaired) electrons. The average molecular weight is 206 g/mol. The predicted molar refractivity (Wildman–Crippen MR) is 55.9 cm³/mol. The van der Waals surface area contributed by atoms with Crippen LogP contribution in [0.4, 0.5) is 0 Å². The fraction of sp³-hybridized carbons (Fsp3) is 0.417. The molecule has 3 heteroatoms. The largest absolute Gasteiger partial charge is 0.508 e. The molecule has 2 rings (SSSR count). The molecule has 0 spiro atoms. The molecule has 0 saturated carbocycles. The number of aryl methyl sites for hydroxylation is 1. The fourth-order valence-electron chi connectivity index (χ4n) is 2.24. The van der Waals surface area contributed by atoms with E-state index >= 15 is 0 Å². The van der Waals surface area contributed by atoms with Crippen molar-refractivity contribution in [1.29, 1.82) is 0 Å². The zero-order chi connectivity index (χ0) is 10.8. The first-order valence-corrected chi connectivity index (χ1v) is 5.17. The Morgan fingerprint density at radius 3 is 2.93 bits per heavy atom. The molecule has 0 bridgehead atoms. The summed E-state index contributed by atoms with van der Waals surface area (Å²) < 4.78 is 0.